The van der Waals surface area contributed by atoms with Crippen LogP contribution in [0.3, 0.4) is 0 Å². The number of ether oxygens (including phenoxy) is 2. The Morgan fingerprint density at radius 3 is 2.59 bits per heavy atom. The minimum atomic E-state index is -0.497. The smallest absolute Gasteiger partial charge is 0.227 e. The fourth-order valence-corrected chi connectivity index (χ4v) is 3.22. The third kappa shape index (κ3) is 5.78. The first-order chi connectivity index (χ1) is 15.5. The molecule has 3 rings (SSSR count). The maximum absolute atomic E-state index is 14.8. The van der Waals surface area contributed by atoms with Crippen LogP contribution in [0.1, 0.15) is 11.1 Å². The highest BCUT2D eigenvalue weighted by molar-refractivity contribution is 5.92. The van der Waals surface area contributed by atoms with Crippen LogP contribution >= 0.6 is 0 Å². The molecule has 0 atom stereocenters. The molecule has 32 heavy (non-hydrogen) atoms. The van der Waals surface area contributed by atoms with Crippen molar-refractivity contribution in [1.82, 2.24) is 14.9 Å². The van der Waals surface area contributed by atoms with Gasteiger partial charge in [0, 0.05) is 50.0 Å². The van der Waals surface area contributed by atoms with Gasteiger partial charge in [0.1, 0.15) is 18.0 Å². The predicted molar refractivity (Wildman–Crippen MR) is 121 cm³/mol. The lowest BCUT2D eigenvalue weighted by molar-refractivity contribution is -0.131. The number of methoxy groups -OCH3 is 2. The van der Waals surface area contributed by atoms with E-state index in [0.29, 0.717) is 43.0 Å². The maximum atomic E-state index is 14.8. The van der Waals surface area contributed by atoms with E-state index in [1.54, 1.807) is 25.2 Å². The second-order valence-electron chi connectivity index (χ2n) is 7.08. The molecule has 0 spiro atoms. The van der Waals surface area contributed by atoms with Gasteiger partial charge in [-0.1, -0.05) is 12.0 Å². The summed E-state index contributed by atoms with van der Waals surface area (Å²) in [4.78, 5) is 22.9. The van der Waals surface area contributed by atoms with E-state index in [1.807, 2.05) is 24.3 Å². The van der Waals surface area contributed by atoms with Gasteiger partial charge in [0.25, 0.3) is 0 Å². The van der Waals surface area contributed by atoms with Gasteiger partial charge in [0.2, 0.25) is 5.91 Å². The summed E-state index contributed by atoms with van der Waals surface area (Å²) in [6.45, 7) is 1.56. The lowest BCUT2D eigenvalue weighted by Crippen LogP contribution is -2.37. The zero-order valence-corrected chi connectivity index (χ0v) is 18.1. The molecule has 0 radical (unpaired) electrons. The first-order valence-corrected chi connectivity index (χ1v) is 10.1. The van der Waals surface area contributed by atoms with Crippen LogP contribution in [0.4, 0.5) is 15.9 Å². The van der Waals surface area contributed by atoms with E-state index >= 15 is 0 Å². The Morgan fingerprint density at radius 2 is 1.91 bits per heavy atom. The molecule has 0 aliphatic rings. The van der Waals surface area contributed by atoms with E-state index in [1.165, 1.54) is 12.4 Å². The molecule has 1 aromatic heterocycles. The topological polar surface area (TPSA) is 76.6 Å². The maximum Gasteiger partial charge on any atom is 0.227 e. The highest BCUT2D eigenvalue weighted by atomic mass is 19.1. The van der Waals surface area contributed by atoms with Gasteiger partial charge < -0.3 is 19.7 Å². The van der Waals surface area contributed by atoms with Crippen LogP contribution in [0.2, 0.25) is 0 Å². The van der Waals surface area contributed by atoms with Crippen molar-refractivity contribution in [2.24, 2.45) is 0 Å². The van der Waals surface area contributed by atoms with Crippen molar-refractivity contribution in [1.29, 1.82) is 0 Å². The Morgan fingerprint density at radius 1 is 1.16 bits per heavy atom. The number of rotatable bonds is 10. The molecule has 7 nitrogen and oxygen atoms in total. The molecule has 8 heteroatoms. The number of nitrogens with zero attached hydrogens (tertiary/aromatic N) is 3. The first-order valence-electron chi connectivity index (χ1n) is 10.1. The number of benzene rings is 2. The van der Waals surface area contributed by atoms with Crippen molar-refractivity contribution in [2.45, 2.75) is 6.42 Å². The molecule has 0 saturated carbocycles. The third-order valence-corrected chi connectivity index (χ3v) is 4.92. The predicted octanol–water partition coefficient (Wildman–Crippen LogP) is 3.16. The molecule has 1 amide bonds. The van der Waals surface area contributed by atoms with Crippen LogP contribution in [0, 0.1) is 18.2 Å². The number of terminal acetylenes is 1. The number of aromatic nitrogens is 2. The minimum Gasteiger partial charge on any atom is -0.383 e. The highest BCUT2D eigenvalue weighted by Crippen LogP contribution is 2.26. The molecule has 0 fully saturated rings. The number of fused-ring (bicyclic) bond motifs is 1. The highest BCUT2D eigenvalue weighted by Gasteiger charge is 2.18. The number of carbonyl (C=O) groups excluding carboxylic acids is 1. The summed E-state index contributed by atoms with van der Waals surface area (Å²) in [5.41, 5.74) is 2.16. The molecule has 0 bridgehead atoms. The van der Waals surface area contributed by atoms with E-state index < -0.39 is 5.82 Å². The van der Waals surface area contributed by atoms with E-state index in [2.05, 4.69) is 21.2 Å². The molecule has 1 heterocycles. The zero-order chi connectivity index (χ0) is 22.9. The molecule has 2 aromatic carbocycles. The summed E-state index contributed by atoms with van der Waals surface area (Å²) < 4.78 is 24.9. The Hall–Kier alpha value is -3.54. The van der Waals surface area contributed by atoms with Crippen LogP contribution in [-0.4, -0.2) is 61.3 Å². The van der Waals surface area contributed by atoms with Crippen LogP contribution in [0.15, 0.2) is 42.7 Å². The Bertz CT molecular complexity index is 1120. The molecule has 0 saturated heterocycles. The normalized spacial score (nSPS) is 10.7. The number of nitrogens with one attached hydrogen (secondary N) is 1. The van der Waals surface area contributed by atoms with Crippen LogP contribution in [-0.2, 0) is 20.7 Å². The monoisotopic (exact) mass is 436 g/mol. The summed E-state index contributed by atoms with van der Waals surface area (Å²) in [6, 6.07) is 10.2. The van der Waals surface area contributed by atoms with Crippen LogP contribution < -0.4 is 5.32 Å². The lowest BCUT2D eigenvalue weighted by atomic mass is 10.1. The van der Waals surface area contributed by atoms with Crippen LogP contribution in [0.25, 0.3) is 10.9 Å². The Kier molecular flexibility index (Phi) is 8.08. The van der Waals surface area contributed by atoms with Crippen LogP contribution in [0.5, 0.6) is 0 Å². The summed E-state index contributed by atoms with van der Waals surface area (Å²) >= 11 is 0. The van der Waals surface area contributed by atoms with Gasteiger partial charge in [-0.2, -0.15) is 0 Å². The average Bonchev–Trinajstić information content (AvgIpc) is 2.80. The zero-order valence-electron chi connectivity index (χ0n) is 18.1. The number of hydrogen-bond donors (Lipinski definition) is 1. The first kappa shape index (κ1) is 23.1. The van der Waals surface area contributed by atoms with Crippen molar-refractivity contribution in [3.63, 3.8) is 0 Å². The van der Waals surface area contributed by atoms with E-state index in [4.69, 9.17) is 15.9 Å². The van der Waals surface area contributed by atoms with Gasteiger partial charge in [-0.05, 0) is 29.8 Å². The Balaban J connectivity index is 1.89. The molecule has 3 aromatic rings. The fraction of sp³-hybridized carbons (Fsp3) is 0.292. The fourth-order valence-electron chi connectivity index (χ4n) is 3.22. The largest absolute Gasteiger partial charge is 0.383 e. The molecule has 0 aliphatic heterocycles. The summed E-state index contributed by atoms with van der Waals surface area (Å²) in [5.74, 6) is 2.37. The van der Waals surface area contributed by atoms with E-state index in [9.17, 15) is 9.18 Å². The van der Waals surface area contributed by atoms with Gasteiger partial charge in [-0.15, -0.1) is 6.42 Å². The van der Waals surface area contributed by atoms with Crippen molar-refractivity contribution in [3.8, 4) is 12.3 Å². The number of halogens is 1. The van der Waals surface area contributed by atoms with E-state index in [0.717, 1.165) is 11.3 Å². The van der Waals surface area contributed by atoms with Gasteiger partial charge >= 0.3 is 0 Å². The summed E-state index contributed by atoms with van der Waals surface area (Å²) in [7, 11) is 3.13. The van der Waals surface area contributed by atoms with Crippen molar-refractivity contribution >= 4 is 28.3 Å². The number of hydrogen-bond acceptors (Lipinski definition) is 6. The van der Waals surface area contributed by atoms with E-state index in [-0.39, 0.29) is 17.9 Å². The minimum absolute atomic E-state index is 0.101. The van der Waals surface area contributed by atoms with Gasteiger partial charge in [0.15, 0.2) is 0 Å². The lowest BCUT2D eigenvalue weighted by Gasteiger charge is -2.22. The standard InChI is InChI=1S/C24H25FN4O3/c1-4-17-6-5-7-19(12-17)28-24-20-13-18(21(25)15-22(20)26-16-27-24)14-23(30)29(8-10-31-2)9-11-32-3/h1,5-7,12-13,15-16H,8-11,14H2,2-3H3,(H,26,27,28). The Labute approximate surface area is 186 Å². The third-order valence-electron chi connectivity index (χ3n) is 4.92. The SMILES string of the molecule is C#Cc1cccc(Nc2ncnc3cc(F)c(CC(=O)N(CCOC)CCOC)cc23)c1. The molecular formula is C24H25FN4O3. The molecular weight excluding hydrogens is 411 g/mol. The van der Waals surface area contributed by atoms with Gasteiger partial charge in [-0.3, -0.25) is 4.79 Å². The number of amides is 1. The number of carbonyl (C=O) groups is 1. The van der Waals surface area contributed by atoms with Crippen molar-refractivity contribution in [2.75, 3.05) is 45.8 Å². The van der Waals surface area contributed by atoms with Crippen molar-refractivity contribution < 1.29 is 18.7 Å². The molecule has 1 N–H and O–H groups in total. The quantitative estimate of drug-likeness (QED) is 0.492. The second kappa shape index (κ2) is 11.2. The second-order valence-corrected chi connectivity index (χ2v) is 7.08. The summed E-state index contributed by atoms with van der Waals surface area (Å²) in [6.07, 6.45) is 6.73. The number of anilines is 2. The van der Waals surface area contributed by atoms with Gasteiger partial charge in [0.05, 0.1) is 25.2 Å². The summed E-state index contributed by atoms with van der Waals surface area (Å²) in [5, 5.41) is 3.80. The molecule has 166 valence electrons. The van der Waals surface area contributed by atoms with Gasteiger partial charge in [-0.25, -0.2) is 14.4 Å². The van der Waals surface area contributed by atoms with Crippen molar-refractivity contribution in [3.05, 3.63) is 59.7 Å². The average molecular weight is 436 g/mol. The molecule has 0 unspecified atom stereocenters. The molecule has 0 aliphatic carbocycles.